The Labute approximate surface area is 209 Å². The summed E-state index contributed by atoms with van der Waals surface area (Å²) in [6.45, 7) is 4.57. The van der Waals surface area contributed by atoms with E-state index in [1.807, 2.05) is 6.07 Å². The van der Waals surface area contributed by atoms with Crippen molar-refractivity contribution in [1.82, 2.24) is 20.0 Å². The fourth-order valence-corrected chi connectivity index (χ4v) is 5.08. The van der Waals surface area contributed by atoms with Crippen molar-refractivity contribution in [3.05, 3.63) is 40.8 Å². The van der Waals surface area contributed by atoms with Crippen LogP contribution in [0.2, 0.25) is 0 Å². The molecule has 3 heterocycles. The molecule has 0 bridgehead atoms. The summed E-state index contributed by atoms with van der Waals surface area (Å²) < 4.78 is 42.5. The summed E-state index contributed by atoms with van der Waals surface area (Å²) in [6, 6.07) is 3.72. The van der Waals surface area contributed by atoms with Gasteiger partial charge in [-0.05, 0) is 75.0 Å². The minimum atomic E-state index is -4.15. The predicted octanol–water partition coefficient (Wildman–Crippen LogP) is 4.71. The van der Waals surface area contributed by atoms with Crippen molar-refractivity contribution in [2.24, 2.45) is 16.8 Å². The van der Waals surface area contributed by atoms with Crippen LogP contribution in [0.15, 0.2) is 21.6 Å². The van der Waals surface area contributed by atoms with Crippen LogP contribution in [0.4, 0.5) is 13.2 Å². The molecule has 1 fully saturated rings. The molecule has 0 unspecified atom stereocenters. The number of hydrogen-bond acceptors (Lipinski definition) is 6. The van der Waals surface area contributed by atoms with Gasteiger partial charge in [0.15, 0.2) is 5.82 Å². The first kappa shape index (κ1) is 26.4. The lowest BCUT2D eigenvalue weighted by Gasteiger charge is -2.28. The SMILES string of the molecule is Cc1nc(CC(=O)N=CC2CCC(CCN3CCc4ccc(CCC(F)(F)F)nc4CC3)CC2)no1. The van der Waals surface area contributed by atoms with Gasteiger partial charge in [0.1, 0.15) is 0 Å². The molecule has 0 atom stereocenters. The van der Waals surface area contributed by atoms with Gasteiger partial charge < -0.3 is 9.42 Å². The van der Waals surface area contributed by atoms with Crippen molar-refractivity contribution < 1.29 is 22.5 Å². The number of aromatic nitrogens is 3. The monoisotopic (exact) mass is 505 g/mol. The van der Waals surface area contributed by atoms with Gasteiger partial charge in [0, 0.05) is 50.5 Å². The molecule has 1 aliphatic heterocycles. The van der Waals surface area contributed by atoms with E-state index in [1.165, 1.54) is 0 Å². The molecular weight excluding hydrogens is 471 g/mol. The van der Waals surface area contributed by atoms with Crippen molar-refractivity contribution in [2.75, 3.05) is 19.6 Å². The zero-order valence-corrected chi connectivity index (χ0v) is 20.8. The van der Waals surface area contributed by atoms with Gasteiger partial charge in [0.25, 0.3) is 5.91 Å². The third kappa shape index (κ3) is 8.21. The van der Waals surface area contributed by atoms with Gasteiger partial charge >= 0.3 is 6.18 Å². The molecule has 0 N–H and O–H groups in total. The van der Waals surface area contributed by atoms with Gasteiger partial charge in [0.2, 0.25) is 5.89 Å². The summed E-state index contributed by atoms with van der Waals surface area (Å²) in [4.78, 5) is 27.2. The number of hydrogen-bond donors (Lipinski definition) is 0. The number of aryl methyl sites for hydroxylation is 2. The van der Waals surface area contributed by atoms with E-state index in [0.717, 1.165) is 75.8 Å². The number of rotatable bonds is 8. The van der Waals surface area contributed by atoms with Crippen molar-refractivity contribution >= 4 is 12.1 Å². The highest BCUT2D eigenvalue weighted by atomic mass is 19.4. The molecule has 4 rings (SSSR count). The molecule has 0 aromatic carbocycles. The zero-order chi connectivity index (χ0) is 25.5. The van der Waals surface area contributed by atoms with Crippen LogP contribution in [0, 0.1) is 18.8 Å². The molecule has 2 aromatic rings. The molecule has 1 saturated carbocycles. The lowest BCUT2D eigenvalue weighted by atomic mass is 9.81. The molecule has 2 aromatic heterocycles. The molecule has 7 nitrogen and oxygen atoms in total. The second kappa shape index (κ2) is 12.1. The maximum absolute atomic E-state index is 12.5. The zero-order valence-electron chi connectivity index (χ0n) is 20.8. The molecule has 2 aliphatic rings. The smallest absolute Gasteiger partial charge is 0.340 e. The Bertz CT molecular complexity index is 1040. The molecule has 1 aliphatic carbocycles. The normalized spacial score (nSPS) is 21.4. The molecule has 196 valence electrons. The third-order valence-electron chi connectivity index (χ3n) is 7.21. The highest BCUT2D eigenvalue weighted by molar-refractivity contribution is 5.86. The van der Waals surface area contributed by atoms with Gasteiger partial charge in [-0.2, -0.15) is 18.2 Å². The van der Waals surface area contributed by atoms with Crippen molar-refractivity contribution in [3.63, 3.8) is 0 Å². The summed E-state index contributed by atoms with van der Waals surface area (Å²) in [6.07, 6.45) is 4.00. The second-order valence-electron chi connectivity index (χ2n) is 10.0. The maximum Gasteiger partial charge on any atom is 0.389 e. The Morgan fingerprint density at radius 3 is 2.67 bits per heavy atom. The first-order valence-electron chi connectivity index (χ1n) is 12.9. The molecule has 0 radical (unpaired) electrons. The van der Waals surface area contributed by atoms with E-state index in [-0.39, 0.29) is 18.7 Å². The van der Waals surface area contributed by atoms with Gasteiger partial charge in [-0.25, -0.2) is 4.99 Å². The van der Waals surface area contributed by atoms with Gasteiger partial charge in [-0.3, -0.25) is 9.78 Å². The average Bonchev–Trinajstić information content (AvgIpc) is 3.14. The van der Waals surface area contributed by atoms with Crippen LogP contribution in [0.5, 0.6) is 0 Å². The number of pyridine rings is 1. The Morgan fingerprint density at radius 2 is 1.94 bits per heavy atom. The van der Waals surface area contributed by atoms with Crippen LogP contribution in [0.3, 0.4) is 0 Å². The van der Waals surface area contributed by atoms with Crippen LogP contribution in [-0.2, 0) is 30.5 Å². The van der Waals surface area contributed by atoms with E-state index in [9.17, 15) is 18.0 Å². The lowest BCUT2D eigenvalue weighted by molar-refractivity contribution is -0.134. The first-order valence-corrected chi connectivity index (χ1v) is 12.9. The number of nitrogens with zero attached hydrogens (tertiary/aromatic N) is 5. The van der Waals surface area contributed by atoms with Crippen LogP contribution in [0.25, 0.3) is 0 Å². The highest BCUT2D eigenvalue weighted by Gasteiger charge is 2.27. The molecular formula is C26H34F3N5O2. The van der Waals surface area contributed by atoms with Crippen LogP contribution < -0.4 is 0 Å². The van der Waals surface area contributed by atoms with Crippen LogP contribution in [0.1, 0.15) is 67.2 Å². The number of halogens is 3. The van der Waals surface area contributed by atoms with Gasteiger partial charge in [-0.1, -0.05) is 11.2 Å². The van der Waals surface area contributed by atoms with Gasteiger partial charge in [0.05, 0.1) is 6.42 Å². The van der Waals surface area contributed by atoms with Crippen LogP contribution in [-0.4, -0.2) is 58.0 Å². The summed E-state index contributed by atoms with van der Waals surface area (Å²) in [5.74, 6) is 1.57. The summed E-state index contributed by atoms with van der Waals surface area (Å²) >= 11 is 0. The highest BCUT2D eigenvalue weighted by Crippen LogP contribution is 2.30. The summed E-state index contributed by atoms with van der Waals surface area (Å²) in [7, 11) is 0. The number of alkyl halides is 3. The summed E-state index contributed by atoms with van der Waals surface area (Å²) in [5, 5.41) is 3.73. The minimum absolute atomic E-state index is 0.0550. The number of fused-ring (bicyclic) bond motifs is 1. The van der Waals surface area contributed by atoms with Crippen molar-refractivity contribution in [2.45, 2.75) is 77.3 Å². The van der Waals surface area contributed by atoms with Gasteiger partial charge in [-0.15, -0.1) is 0 Å². The Kier molecular flexibility index (Phi) is 8.87. The number of carbonyl (C=O) groups is 1. The molecule has 1 amide bonds. The van der Waals surface area contributed by atoms with E-state index in [4.69, 9.17) is 4.52 Å². The van der Waals surface area contributed by atoms with Crippen LogP contribution >= 0.6 is 0 Å². The first-order chi connectivity index (χ1) is 17.2. The van der Waals surface area contributed by atoms with Crippen molar-refractivity contribution in [1.29, 1.82) is 0 Å². The van der Waals surface area contributed by atoms with E-state index >= 15 is 0 Å². The van der Waals surface area contributed by atoms with E-state index in [1.54, 1.807) is 19.2 Å². The number of carbonyl (C=O) groups excluding carboxylic acids is 1. The fourth-order valence-electron chi connectivity index (χ4n) is 5.08. The Morgan fingerprint density at radius 1 is 1.17 bits per heavy atom. The topological polar surface area (TPSA) is 84.5 Å². The fraction of sp³-hybridized carbons (Fsp3) is 0.654. The molecule has 0 spiro atoms. The third-order valence-corrected chi connectivity index (χ3v) is 7.21. The largest absolute Gasteiger partial charge is 0.389 e. The predicted molar refractivity (Wildman–Crippen MR) is 129 cm³/mol. The second-order valence-corrected chi connectivity index (χ2v) is 10.0. The van der Waals surface area contributed by atoms with Crippen molar-refractivity contribution in [3.8, 4) is 0 Å². The summed E-state index contributed by atoms with van der Waals surface area (Å²) in [5.41, 5.74) is 2.66. The number of amides is 1. The molecule has 0 saturated heterocycles. The lowest BCUT2D eigenvalue weighted by Crippen LogP contribution is -2.29. The molecule has 10 heteroatoms. The standard InChI is InChI=1S/C26H34F3N5O2/c1-18-31-24(33-36-18)16-25(35)30-17-20-4-2-19(3-5-20)9-13-34-14-10-21-6-7-22(8-12-26(27,28)29)32-23(21)11-15-34/h6-7,17,19-20H,2-5,8-16H2,1H3. The minimum Gasteiger partial charge on any atom is -0.340 e. The number of aliphatic imine (C=N–C) groups is 1. The quantitative estimate of drug-likeness (QED) is 0.484. The van der Waals surface area contributed by atoms with E-state index in [0.29, 0.717) is 29.2 Å². The van der Waals surface area contributed by atoms with E-state index in [2.05, 4.69) is 25.0 Å². The van der Waals surface area contributed by atoms with E-state index < -0.39 is 12.6 Å². The Balaban J connectivity index is 1.16. The average molecular weight is 506 g/mol. The Hall–Kier alpha value is -2.62. The maximum atomic E-state index is 12.5. The molecule has 36 heavy (non-hydrogen) atoms.